The highest BCUT2D eigenvalue weighted by Crippen LogP contribution is 2.53. The minimum atomic E-state index is -0.990. The summed E-state index contributed by atoms with van der Waals surface area (Å²) in [6.07, 6.45) is 1.38. The fraction of sp³-hybridized carbons (Fsp3) is 0.529. The molecule has 6 nitrogen and oxygen atoms in total. The molecule has 0 aromatic heterocycles. The number of amides is 1. The molecule has 0 atom stereocenters. The lowest BCUT2D eigenvalue weighted by Gasteiger charge is -2.51. The van der Waals surface area contributed by atoms with Crippen LogP contribution in [-0.2, 0) is 25.6 Å². The standard InChI is InChI=1S/C17H21NO5/c1-21-14(19)17(10-16(11-17)7-8-22-12-16)18-15(20)23-9-13-5-3-2-4-6-13/h2-6H,7-12H2,1H3,(H,18,20). The molecule has 1 aliphatic carbocycles. The number of ether oxygens (including phenoxy) is 3. The summed E-state index contributed by atoms with van der Waals surface area (Å²) in [6, 6.07) is 9.40. The second-order valence-corrected chi connectivity index (χ2v) is 6.42. The normalized spacial score (nSPS) is 28.9. The number of hydrogen-bond donors (Lipinski definition) is 1. The van der Waals surface area contributed by atoms with Crippen molar-refractivity contribution in [1.82, 2.24) is 5.32 Å². The predicted molar refractivity (Wildman–Crippen MR) is 81.6 cm³/mol. The van der Waals surface area contributed by atoms with Gasteiger partial charge in [-0.25, -0.2) is 9.59 Å². The fourth-order valence-corrected chi connectivity index (χ4v) is 3.59. The number of nitrogens with one attached hydrogen (secondary N) is 1. The summed E-state index contributed by atoms with van der Waals surface area (Å²) < 4.78 is 15.5. The van der Waals surface area contributed by atoms with Gasteiger partial charge in [-0.2, -0.15) is 0 Å². The van der Waals surface area contributed by atoms with Crippen molar-refractivity contribution in [3.05, 3.63) is 35.9 Å². The van der Waals surface area contributed by atoms with Crippen LogP contribution in [0.3, 0.4) is 0 Å². The third-order valence-electron chi connectivity index (χ3n) is 4.67. The van der Waals surface area contributed by atoms with Gasteiger partial charge < -0.3 is 19.5 Å². The molecule has 2 fully saturated rings. The lowest BCUT2D eigenvalue weighted by Crippen LogP contribution is -2.67. The average Bonchev–Trinajstić information content (AvgIpc) is 3.01. The first-order valence-electron chi connectivity index (χ1n) is 7.73. The van der Waals surface area contributed by atoms with Crippen LogP contribution in [0.25, 0.3) is 0 Å². The fourth-order valence-electron chi connectivity index (χ4n) is 3.59. The Hall–Kier alpha value is -2.08. The number of rotatable bonds is 4. The Labute approximate surface area is 135 Å². The van der Waals surface area contributed by atoms with Crippen LogP contribution in [0.1, 0.15) is 24.8 Å². The molecule has 23 heavy (non-hydrogen) atoms. The molecule has 1 spiro atoms. The Bertz CT molecular complexity index is 572. The smallest absolute Gasteiger partial charge is 0.408 e. The Morgan fingerprint density at radius 2 is 2.00 bits per heavy atom. The van der Waals surface area contributed by atoms with Gasteiger partial charge in [0.15, 0.2) is 0 Å². The summed E-state index contributed by atoms with van der Waals surface area (Å²) in [5.74, 6) is -0.424. The van der Waals surface area contributed by atoms with Crippen LogP contribution in [0.2, 0.25) is 0 Å². The summed E-state index contributed by atoms with van der Waals surface area (Å²) in [4.78, 5) is 24.2. The second kappa shape index (κ2) is 6.20. The number of carbonyl (C=O) groups excluding carboxylic acids is 2. The minimum absolute atomic E-state index is 0.0130. The van der Waals surface area contributed by atoms with Gasteiger partial charge in [0.1, 0.15) is 12.1 Å². The SMILES string of the molecule is COC(=O)C1(NC(=O)OCc2ccccc2)CC2(CCOC2)C1. The van der Waals surface area contributed by atoms with Gasteiger partial charge in [-0.3, -0.25) is 0 Å². The molecular formula is C17H21NO5. The van der Waals surface area contributed by atoms with Crippen molar-refractivity contribution >= 4 is 12.1 Å². The predicted octanol–water partition coefficient (Wildman–Crippen LogP) is 2.03. The van der Waals surface area contributed by atoms with Gasteiger partial charge in [0.2, 0.25) is 0 Å². The molecule has 1 aromatic carbocycles. The van der Waals surface area contributed by atoms with Gasteiger partial charge >= 0.3 is 12.1 Å². The lowest BCUT2D eigenvalue weighted by molar-refractivity contribution is -0.160. The van der Waals surface area contributed by atoms with Crippen molar-refractivity contribution in [2.75, 3.05) is 20.3 Å². The molecule has 1 saturated carbocycles. The Balaban J connectivity index is 1.58. The molecule has 1 amide bonds. The van der Waals surface area contributed by atoms with Crippen molar-refractivity contribution in [3.8, 4) is 0 Å². The zero-order chi connectivity index (χ0) is 16.3. The van der Waals surface area contributed by atoms with Crippen LogP contribution < -0.4 is 5.32 Å². The van der Waals surface area contributed by atoms with Gasteiger partial charge in [-0.05, 0) is 24.8 Å². The number of carbonyl (C=O) groups is 2. The van der Waals surface area contributed by atoms with Crippen molar-refractivity contribution < 1.29 is 23.8 Å². The average molecular weight is 319 g/mol. The molecule has 1 saturated heterocycles. The topological polar surface area (TPSA) is 73.9 Å². The van der Waals surface area contributed by atoms with Crippen LogP contribution in [-0.4, -0.2) is 37.9 Å². The minimum Gasteiger partial charge on any atom is -0.467 e. The van der Waals surface area contributed by atoms with Gasteiger partial charge in [0.05, 0.1) is 13.7 Å². The van der Waals surface area contributed by atoms with Crippen LogP contribution in [0.4, 0.5) is 4.79 Å². The molecule has 0 unspecified atom stereocenters. The van der Waals surface area contributed by atoms with Crippen molar-refractivity contribution in [2.45, 2.75) is 31.4 Å². The Morgan fingerprint density at radius 3 is 2.61 bits per heavy atom. The van der Waals surface area contributed by atoms with E-state index in [1.54, 1.807) is 0 Å². The van der Waals surface area contributed by atoms with E-state index in [0.29, 0.717) is 26.1 Å². The van der Waals surface area contributed by atoms with Gasteiger partial charge in [-0.1, -0.05) is 30.3 Å². The zero-order valence-electron chi connectivity index (χ0n) is 13.2. The third-order valence-corrected chi connectivity index (χ3v) is 4.67. The van der Waals surface area contributed by atoms with Gasteiger partial charge in [-0.15, -0.1) is 0 Å². The largest absolute Gasteiger partial charge is 0.467 e. The van der Waals surface area contributed by atoms with E-state index in [1.165, 1.54) is 7.11 Å². The van der Waals surface area contributed by atoms with E-state index in [4.69, 9.17) is 14.2 Å². The van der Waals surface area contributed by atoms with Crippen molar-refractivity contribution in [1.29, 1.82) is 0 Å². The summed E-state index contributed by atoms with van der Waals surface area (Å²) in [5, 5.41) is 2.71. The number of methoxy groups -OCH3 is 1. The molecule has 2 aliphatic rings. The van der Waals surface area contributed by atoms with E-state index in [-0.39, 0.29) is 12.0 Å². The van der Waals surface area contributed by atoms with E-state index in [0.717, 1.165) is 12.0 Å². The van der Waals surface area contributed by atoms with Gasteiger partial charge in [0.25, 0.3) is 0 Å². The maximum absolute atomic E-state index is 12.1. The third kappa shape index (κ3) is 3.17. The number of esters is 1. The molecule has 124 valence electrons. The van der Waals surface area contributed by atoms with E-state index < -0.39 is 17.6 Å². The quantitative estimate of drug-likeness (QED) is 0.860. The molecule has 3 rings (SSSR count). The maximum atomic E-state index is 12.1. The first kappa shape index (κ1) is 15.8. The van der Waals surface area contributed by atoms with Crippen LogP contribution >= 0.6 is 0 Å². The van der Waals surface area contributed by atoms with Crippen LogP contribution in [0, 0.1) is 5.41 Å². The van der Waals surface area contributed by atoms with Crippen molar-refractivity contribution in [3.63, 3.8) is 0 Å². The summed E-state index contributed by atoms with van der Waals surface area (Å²) in [6.45, 7) is 1.50. The summed E-state index contributed by atoms with van der Waals surface area (Å²) in [7, 11) is 1.33. The monoisotopic (exact) mass is 319 g/mol. The lowest BCUT2D eigenvalue weighted by atomic mass is 9.57. The summed E-state index contributed by atoms with van der Waals surface area (Å²) >= 11 is 0. The Morgan fingerprint density at radius 1 is 1.26 bits per heavy atom. The van der Waals surface area contributed by atoms with Crippen molar-refractivity contribution in [2.24, 2.45) is 5.41 Å². The van der Waals surface area contributed by atoms with E-state index in [1.807, 2.05) is 30.3 Å². The molecule has 1 aliphatic heterocycles. The second-order valence-electron chi connectivity index (χ2n) is 6.42. The molecule has 1 N–H and O–H groups in total. The highest BCUT2D eigenvalue weighted by molar-refractivity contribution is 5.87. The molecule has 0 bridgehead atoms. The van der Waals surface area contributed by atoms with E-state index in [9.17, 15) is 9.59 Å². The molecular weight excluding hydrogens is 298 g/mol. The Kier molecular flexibility index (Phi) is 4.26. The molecule has 1 aromatic rings. The zero-order valence-corrected chi connectivity index (χ0v) is 13.2. The number of benzene rings is 1. The first-order chi connectivity index (χ1) is 11.1. The molecule has 6 heteroatoms. The van der Waals surface area contributed by atoms with Crippen LogP contribution in [0.15, 0.2) is 30.3 Å². The number of hydrogen-bond acceptors (Lipinski definition) is 5. The first-order valence-corrected chi connectivity index (χ1v) is 7.73. The molecule has 0 radical (unpaired) electrons. The maximum Gasteiger partial charge on any atom is 0.408 e. The van der Waals surface area contributed by atoms with Crippen LogP contribution in [0.5, 0.6) is 0 Å². The highest BCUT2D eigenvalue weighted by Gasteiger charge is 2.61. The van der Waals surface area contributed by atoms with E-state index >= 15 is 0 Å². The summed E-state index contributed by atoms with van der Waals surface area (Å²) in [5.41, 5.74) is -0.110. The van der Waals surface area contributed by atoms with Gasteiger partial charge in [0, 0.05) is 12.0 Å². The van der Waals surface area contributed by atoms with E-state index in [2.05, 4.69) is 5.32 Å². The highest BCUT2D eigenvalue weighted by atomic mass is 16.6. The molecule has 1 heterocycles. The number of alkyl carbamates (subject to hydrolysis) is 1.